The number of non-ortho nitro benzene ring substituents is 1. The molecule has 0 radical (unpaired) electrons. The topological polar surface area (TPSA) is 84.7 Å². The lowest BCUT2D eigenvalue weighted by Gasteiger charge is -2.26. The Morgan fingerprint density at radius 2 is 2.00 bits per heavy atom. The Bertz CT molecular complexity index is 503. The van der Waals surface area contributed by atoms with Crippen LogP contribution in [0.25, 0.3) is 0 Å². The third-order valence-electron chi connectivity index (χ3n) is 3.27. The first-order chi connectivity index (χ1) is 10.6. The number of benzene rings is 1. The summed E-state index contributed by atoms with van der Waals surface area (Å²) < 4.78 is 5.26. The number of hydrogen-bond acceptors (Lipinski definition) is 6. The molecule has 0 spiro atoms. The van der Waals surface area contributed by atoms with Crippen molar-refractivity contribution in [2.24, 2.45) is 0 Å². The van der Waals surface area contributed by atoms with E-state index in [2.05, 4.69) is 10.2 Å². The fraction of sp³-hybridized carbons (Fsp3) is 0.500. The highest BCUT2D eigenvalue weighted by atomic mass is 32.2. The van der Waals surface area contributed by atoms with Crippen molar-refractivity contribution in [3.05, 3.63) is 34.4 Å². The quantitative estimate of drug-likeness (QED) is 0.460. The molecule has 1 aromatic rings. The summed E-state index contributed by atoms with van der Waals surface area (Å²) in [6, 6.07) is 6.20. The minimum absolute atomic E-state index is 0.0309. The molecule has 120 valence electrons. The Labute approximate surface area is 133 Å². The fourth-order valence-corrected chi connectivity index (χ4v) is 2.77. The number of rotatable bonds is 7. The average Bonchev–Trinajstić information content (AvgIpc) is 2.54. The second-order valence-electron chi connectivity index (χ2n) is 4.84. The Hall–Kier alpha value is -1.64. The van der Waals surface area contributed by atoms with Crippen molar-refractivity contribution in [3.8, 4) is 0 Å². The molecule has 0 aromatic heterocycles. The normalized spacial score (nSPS) is 15.5. The second-order valence-corrected chi connectivity index (χ2v) is 5.89. The summed E-state index contributed by atoms with van der Waals surface area (Å²) in [6.45, 7) is 4.78. The van der Waals surface area contributed by atoms with Crippen LogP contribution in [-0.2, 0) is 9.53 Å². The number of thioether (sulfide) groups is 1. The first kappa shape index (κ1) is 16.7. The molecule has 1 N–H and O–H groups in total. The summed E-state index contributed by atoms with van der Waals surface area (Å²) >= 11 is 1.37. The van der Waals surface area contributed by atoms with Gasteiger partial charge in [0.1, 0.15) is 0 Å². The van der Waals surface area contributed by atoms with Gasteiger partial charge in [0.25, 0.3) is 5.69 Å². The van der Waals surface area contributed by atoms with Crippen LogP contribution in [-0.4, -0.2) is 60.9 Å². The van der Waals surface area contributed by atoms with Gasteiger partial charge in [-0.3, -0.25) is 19.8 Å². The van der Waals surface area contributed by atoms with E-state index in [9.17, 15) is 14.9 Å². The first-order valence-electron chi connectivity index (χ1n) is 7.09. The molecule has 1 heterocycles. The van der Waals surface area contributed by atoms with E-state index in [0.717, 1.165) is 37.7 Å². The molecule has 1 aliphatic rings. The van der Waals surface area contributed by atoms with Gasteiger partial charge in [-0.1, -0.05) is 0 Å². The standard InChI is InChI=1S/C14H19N3O4S/c18-14(15-5-6-16-7-9-21-10-8-16)11-22-13-3-1-12(2-4-13)17(19)20/h1-4H,5-11H2,(H,15,18). The van der Waals surface area contributed by atoms with Gasteiger partial charge >= 0.3 is 0 Å². The van der Waals surface area contributed by atoms with E-state index in [4.69, 9.17) is 4.74 Å². The molecular formula is C14H19N3O4S. The van der Waals surface area contributed by atoms with Crippen molar-refractivity contribution in [2.45, 2.75) is 4.90 Å². The van der Waals surface area contributed by atoms with Gasteiger partial charge in [-0.05, 0) is 12.1 Å². The maximum atomic E-state index is 11.7. The SMILES string of the molecule is O=C(CSc1ccc([N+](=O)[O-])cc1)NCCN1CCOCC1. The molecule has 1 amide bonds. The molecule has 22 heavy (non-hydrogen) atoms. The fourth-order valence-electron chi connectivity index (χ4n) is 2.04. The summed E-state index contributed by atoms with van der Waals surface area (Å²) in [7, 11) is 0. The zero-order chi connectivity index (χ0) is 15.8. The lowest BCUT2D eigenvalue weighted by atomic mass is 10.3. The third kappa shape index (κ3) is 5.63. The van der Waals surface area contributed by atoms with Gasteiger partial charge in [0, 0.05) is 43.2 Å². The number of carbonyl (C=O) groups is 1. The molecule has 8 heteroatoms. The molecule has 0 saturated carbocycles. The highest BCUT2D eigenvalue weighted by Gasteiger charge is 2.10. The monoisotopic (exact) mass is 325 g/mol. The molecule has 1 fully saturated rings. The summed E-state index contributed by atoms with van der Waals surface area (Å²) in [5.74, 6) is 0.276. The maximum absolute atomic E-state index is 11.7. The zero-order valence-electron chi connectivity index (χ0n) is 12.2. The Morgan fingerprint density at radius 1 is 1.32 bits per heavy atom. The molecule has 1 aliphatic heterocycles. The minimum atomic E-state index is -0.438. The van der Waals surface area contributed by atoms with Crippen molar-refractivity contribution in [1.29, 1.82) is 0 Å². The van der Waals surface area contributed by atoms with Crippen LogP contribution < -0.4 is 5.32 Å². The van der Waals surface area contributed by atoms with Gasteiger partial charge < -0.3 is 10.1 Å². The van der Waals surface area contributed by atoms with E-state index in [0.29, 0.717) is 12.3 Å². The van der Waals surface area contributed by atoms with Gasteiger partial charge in [0.15, 0.2) is 0 Å². The van der Waals surface area contributed by atoms with Gasteiger partial charge in [0.2, 0.25) is 5.91 Å². The number of hydrogen-bond donors (Lipinski definition) is 1. The van der Waals surface area contributed by atoms with Crippen molar-refractivity contribution >= 4 is 23.4 Å². The summed E-state index contributed by atoms with van der Waals surface area (Å²) in [5, 5.41) is 13.4. The molecule has 1 saturated heterocycles. The summed E-state index contributed by atoms with van der Waals surface area (Å²) in [4.78, 5) is 25.0. The van der Waals surface area contributed by atoms with Crippen LogP contribution in [0.2, 0.25) is 0 Å². The molecule has 2 rings (SSSR count). The molecule has 0 bridgehead atoms. The number of nitrogens with zero attached hydrogens (tertiary/aromatic N) is 2. The van der Waals surface area contributed by atoms with E-state index in [1.54, 1.807) is 12.1 Å². The molecule has 0 atom stereocenters. The summed E-state index contributed by atoms with van der Waals surface area (Å²) in [5.41, 5.74) is 0.0549. The highest BCUT2D eigenvalue weighted by Crippen LogP contribution is 2.20. The zero-order valence-corrected chi connectivity index (χ0v) is 13.0. The number of morpholine rings is 1. The van der Waals surface area contributed by atoms with Crippen LogP contribution in [0.15, 0.2) is 29.2 Å². The number of nitrogens with one attached hydrogen (secondary N) is 1. The van der Waals surface area contributed by atoms with E-state index < -0.39 is 4.92 Å². The number of nitro groups is 1. The Balaban J connectivity index is 1.63. The predicted octanol–water partition coefficient (Wildman–Crippen LogP) is 1.14. The molecule has 0 aliphatic carbocycles. The number of ether oxygens (including phenoxy) is 1. The van der Waals surface area contributed by atoms with Crippen LogP contribution >= 0.6 is 11.8 Å². The van der Waals surface area contributed by atoms with Crippen LogP contribution in [0.1, 0.15) is 0 Å². The third-order valence-corrected chi connectivity index (χ3v) is 4.28. The van der Waals surface area contributed by atoms with Crippen LogP contribution in [0, 0.1) is 10.1 Å². The lowest BCUT2D eigenvalue weighted by molar-refractivity contribution is -0.384. The van der Waals surface area contributed by atoms with E-state index in [1.165, 1.54) is 23.9 Å². The molecular weight excluding hydrogens is 306 g/mol. The Morgan fingerprint density at radius 3 is 2.64 bits per heavy atom. The van der Waals surface area contributed by atoms with Gasteiger partial charge in [0.05, 0.1) is 23.9 Å². The average molecular weight is 325 g/mol. The van der Waals surface area contributed by atoms with Gasteiger partial charge in [-0.15, -0.1) is 11.8 Å². The smallest absolute Gasteiger partial charge is 0.269 e. The number of amides is 1. The van der Waals surface area contributed by atoms with Crippen molar-refractivity contribution < 1.29 is 14.5 Å². The predicted molar refractivity (Wildman–Crippen MR) is 84.1 cm³/mol. The number of carbonyl (C=O) groups excluding carboxylic acids is 1. The molecule has 0 unspecified atom stereocenters. The van der Waals surface area contributed by atoms with Gasteiger partial charge in [-0.25, -0.2) is 0 Å². The van der Waals surface area contributed by atoms with Crippen LogP contribution in [0.4, 0.5) is 5.69 Å². The Kier molecular flexibility index (Phi) is 6.63. The summed E-state index contributed by atoms with van der Waals surface area (Å²) in [6.07, 6.45) is 0. The van der Waals surface area contributed by atoms with Crippen molar-refractivity contribution in [3.63, 3.8) is 0 Å². The van der Waals surface area contributed by atoms with E-state index in [1.807, 2.05) is 0 Å². The largest absolute Gasteiger partial charge is 0.379 e. The van der Waals surface area contributed by atoms with Crippen LogP contribution in [0.5, 0.6) is 0 Å². The van der Waals surface area contributed by atoms with Crippen LogP contribution in [0.3, 0.4) is 0 Å². The van der Waals surface area contributed by atoms with E-state index in [-0.39, 0.29) is 11.6 Å². The number of nitro benzene ring substituents is 1. The molecule has 7 nitrogen and oxygen atoms in total. The van der Waals surface area contributed by atoms with E-state index >= 15 is 0 Å². The first-order valence-corrected chi connectivity index (χ1v) is 8.08. The highest BCUT2D eigenvalue weighted by molar-refractivity contribution is 8.00. The second kappa shape index (κ2) is 8.72. The lowest BCUT2D eigenvalue weighted by Crippen LogP contribution is -2.41. The van der Waals surface area contributed by atoms with Crippen molar-refractivity contribution in [2.75, 3.05) is 45.1 Å². The maximum Gasteiger partial charge on any atom is 0.269 e. The van der Waals surface area contributed by atoms with Crippen molar-refractivity contribution in [1.82, 2.24) is 10.2 Å². The minimum Gasteiger partial charge on any atom is -0.379 e. The van der Waals surface area contributed by atoms with Gasteiger partial charge in [-0.2, -0.15) is 0 Å². The molecule has 1 aromatic carbocycles.